The van der Waals surface area contributed by atoms with E-state index in [1.165, 1.54) is 13.3 Å². The minimum atomic E-state index is -0.358. The molecule has 94 valence electrons. The minimum Gasteiger partial charge on any atom is -0.479 e. The van der Waals surface area contributed by atoms with E-state index in [2.05, 4.69) is 20.6 Å². The zero-order valence-electron chi connectivity index (χ0n) is 10.1. The molecule has 0 saturated heterocycles. The fourth-order valence-corrected chi connectivity index (χ4v) is 1.15. The van der Waals surface area contributed by atoms with Crippen molar-refractivity contribution in [1.82, 2.24) is 15.3 Å². The molecule has 0 atom stereocenters. The van der Waals surface area contributed by atoms with Gasteiger partial charge in [-0.15, -0.1) is 0 Å². The SMILES string of the molecule is CNc1cnc(C(=O)NCCOC)nc1OC. The third-order valence-electron chi connectivity index (χ3n) is 2.01. The maximum absolute atomic E-state index is 11.6. The molecule has 0 fully saturated rings. The molecule has 1 amide bonds. The predicted octanol–water partition coefficient (Wildman–Crippen LogP) is -0.0969. The van der Waals surface area contributed by atoms with Crippen LogP contribution < -0.4 is 15.4 Å². The molecule has 7 heteroatoms. The van der Waals surface area contributed by atoms with Gasteiger partial charge in [0.1, 0.15) is 5.69 Å². The summed E-state index contributed by atoms with van der Waals surface area (Å²) in [5.74, 6) is 0.0411. The van der Waals surface area contributed by atoms with E-state index in [4.69, 9.17) is 9.47 Å². The number of carbonyl (C=O) groups excluding carboxylic acids is 1. The number of ether oxygens (including phenoxy) is 2. The average molecular weight is 240 g/mol. The molecule has 17 heavy (non-hydrogen) atoms. The summed E-state index contributed by atoms with van der Waals surface area (Å²) in [6, 6.07) is 0. The molecule has 1 aromatic rings. The molecule has 0 radical (unpaired) electrons. The number of rotatable bonds is 6. The summed E-state index contributed by atoms with van der Waals surface area (Å²) >= 11 is 0. The number of anilines is 1. The summed E-state index contributed by atoms with van der Waals surface area (Å²) in [5, 5.41) is 5.49. The predicted molar refractivity (Wildman–Crippen MR) is 62.3 cm³/mol. The van der Waals surface area contributed by atoms with Gasteiger partial charge in [-0.05, 0) is 0 Å². The largest absolute Gasteiger partial charge is 0.479 e. The highest BCUT2D eigenvalue weighted by Gasteiger charge is 2.12. The van der Waals surface area contributed by atoms with Crippen molar-refractivity contribution in [3.63, 3.8) is 0 Å². The summed E-state index contributed by atoms with van der Waals surface area (Å²) in [5.41, 5.74) is 0.626. The van der Waals surface area contributed by atoms with Gasteiger partial charge in [0.05, 0.1) is 19.9 Å². The monoisotopic (exact) mass is 240 g/mol. The molecule has 2 N–H and O–H groups in total. The van der Waals surface area contributed by atoms with Crippen molar-refractivity contribution in [3.8, 4) is 5.88 Å². The van der Waals surface area contributed by atoms with E-state index in [0.717, 1.165) is 0 Å². The van der Waals surface area contributed by atoms with Gasteiger partial charge in [0.25, 0.3) is 5.91 Å². The quantitative estimate of drug-likeness (QED) is 0.675. The zero-order chi connectivity index (χ0) is 12.7. The molecule has 0 aliphatic rings. The van der Waals surface area contributed by atoms with E-state index in [1.807, 2.05) is 0 Å². The minimum absolute atomic E-state index is 0.0666. The van der Waals surface area contributed by atoms with E-state index in [-0.39, 0.29) is 11.7 Å². The standard InChI is InChI=1S/C10H16N4O3/c1-11-7-6-13-8(14-10(7)17-3)9(15)12-4-5-16-2/h6,11H,4-5H2,1-3H3,(H,12,15). The molecule has 0 aliphatic heterocycles. The number of aromatic nitrogens is 2. The highest BCUT2D eigenvalue weighted by Crippen LogP contribution is 2.18. The van der Waals surface area contributed by atoms with Crippen LogP contribution in [0.5, 0.6) is 5.88 Å². The van der Waals surface area contributed by atoms with Crippen molar-refractivity contribution in [1.29, 1.82) is 0 Å². The number of carbonyl (C=O) groups is 1. The van der Waals surface area contributed by atoms with Gasteiger partial charge in [0.2, 0.25) is 11.7 Å². The Morgan fingerprint density at radius 2 is 2.24 bits per heavy atom. The number of methoxy groups -OCH3 is 2. The normalized spacial score (nSPS) is 9.82. The van der Waals surface area contributed by atoms with Crippen molar-refractivity contribution in [3.05, 3.63) is 12.0 Å². The van der Waals surface area contributed by atoms with Crippen LogP contribution in [0.3, 0.4) is 0 Å². The van der Waals surface area contributed by atoms with Crippen LogP contribution in [-0.4, -0.2) is 50.3 Å². The Hall–Kier alpha value is -1.89. The van der Waals surface area contributed by atoms with Crippen LogP contribution in [0, 0.1) is 0 Å². The van der Waals surface area contributed by atoms with Crippen LogP contribution in [-0.2, 0) is 4.74 Å². The summed E-state index contributed by atoms with van der Waals surface area (Å²) in [4.78, 5) is 19.5. The summed E-state index contributed by atoms with van der Waals surface area (Å²) in [7, 11) is 4.77. The van der Waals surface area contributed by atoms with Crippen LogP contribution >= 0.6 is 0 Å². The Labute approximate surface area is 99.5 Å². The molecule has 0 saturated carbocycles. The van der Waals surface area contributed by atoms with Gasteiger partial charge in [0, 0.05) is 20.7 Å². The van der Waals surface area contributed by atoms with Gasteiger partial charge in [-0.2, -0.15) is 4.98 Å². The van der Waals surface area contributed by atoms with Crippen molar-refractivity contribution in [2.45, 2.75) is 0 Å². The van der Waals surface area contributed by atoms with Gasteiger partial charge in [-0.3, -0.25) is 4.79 Å². The molecule has 0 bridgehead atoms. The highest BCUT2D eigenvalue weighted by molar-refractivity contribution is 5.90. The van der Waals surface area contributed by atoms with Crippen molar-refractivity contribution >= 4 is 11.6 Å². The third kappa shape index (κ3) is 3.56. The summed E-state index contributed by atoms with van der Waals surface area (Å²) in [6.07, 6.45) is 1.50. The van der Waals surface area contributed by atoms with Crippen LogP contribution in [0.4, 0.5) is 5.69 Å². The maximum Gasteiger partial charge on any atom is 0.289 e. The Bertz CT molecular complexity index is 384. The second-order valence-corrected chi connectivity index (χ2v) is 3.12. The number of nitrogens with one attached hydrogen (secondary N) is 2. The molecule has 0 spiro atoms. The first-order valence-corrected chi connectivity index (χ1v) is 5.08. The van der Waals surface area contributed by atoms with Crippen LogP contribution in [0.1, 0.15) is 10.6 Å². The summed E-state index contributed by atoms with van der Waals surface area (Å²) in [6.45, 7) is 0.853. The van der Waals surface area contributed by atoms with Crippen molar-refractivity contribution in [2.24, 2.45) is 0 Å². The molecule has 7 nitrogen and oxygen atoms in total. The van der Waals surface area contributed by atoms with Gasteiger partial charge < -0.3 is 20.1 Å². The molecule has 1 heterocycles. The second-order valence-electron chi connectivity index (χ2n) is 3.12. The number of hydrogen-bond acceptors (Lipinski definition) is 6. The van der Waals surface area contributed by atoms with E-state index < -0.39 is 0 Å². The van der Waals surface area contributed by atoms with Gasteiger partial charge >= 0.3 is 0 Å². The fourth-order valence-electron chi connectivity index (χ4n) is 1.15. The highest BCUT2D eigenvalue weighted by atomic mass is 16.5. The Morgan fingerprint density at radius 3 is 2.82 bits per heavy atom. The molecule has 0 unspecified atom stereocenters. The molecule has 0 aromatic carbocycles. The molecular weight excluding hydrogens is 224 g/mol. The first-order chi connectivity index (χ1) is 8.22. The molecule has 0 aliphatic carbocycles. The first kappa shape index (κ1) is 13.2. The van der Waals surface area contributed by atoms with Gasteiger partial charge in [-0.1, -0.05) is 0 Å². The number of nitrogens with zero attached hydrogens (tertiary/aromatic N) is 2. The van der Waals surface area contributed by atoms with Crippen LogP contribution in [0.15, 0.2) is 6.20 Å². The van der Waals surface area contributed by atoms with E-state index >= 15 is 0 Å². The molecule has 1 aromatic heterocycles. The number of hydrogen-bond donors (Lipinski definition) is 2. The maximum atomic E-state index is 11.6. The lowest BCUT2D eigenvalue weighted by molar-refractivity contribution is 0.0925. The molecule has 1 rings (SSSR count). The zero-order valence-corrected chi connectivity index (χ0v) is 10.1. The third-order valence-corrected chi connectivity index (χ3v) is 2.01. The van der Waals surface area contributed by atoms with E-state index in [1.54, 1.807) is 14.2 Å². The lowest BCUT2D eigenvalue weighted by atomic mass is 10.4. The Morgan fingerprint density at radius 1 is 1.47 bits per heavy atom. The lowest BCUT2D eigenvalue weighted by Crippen LogP contribution is -2.28. The van der Waals surface area contributed by atoms with E-state index in [9.17, 15) is 4.79 Å². The van der Waals surface area contributed by atoms with Gasteiger partial charge in [-0.25, -0.2) is 4.98 Å². The number of amides is 1. The van der Waals surface area contributed by atoms with Crippen LogP contribution in [0.25, 0.3) is 0 Å². The lowest BCUT2D eigenvalue weighted by Gasteiger charge is -2.08. The fraction of sp³-hybridized carbons (Fsp3) is 0.500. The Kier molecular flexibility index (Phi) is 5.15. The average Bonchev–Trinajstić information content (AvgIpc) is 2.38. The molecular formula is C10H16N4O3. The van der Waals surface area contributed by atoms with Crippen molar-refractivity contribution in [2.75, 3.05) is 39.7 Å². The van der Waals surface area contributed by atoms with Gasteiger partial charge in [0.15, 0.2) is 0 Å². The smallest absolute Gasteiger partial charge is 0.289 e. The second kappa shape index (κ2) is 6.64. The van der Waals surface area contributed by atoms with Crippen molar-refractivity contribution < 1.29 is 14.3 Å². The first-order valence-electron chi connectivity index (χ1n) is 5.08. The summed E-state index contributed by atoms with van der Waals surface area (Å²) < 4.78 is 9.85. The Balaban J connectivity index is 2.74. The van der Waals surface area contributed by atoms with E-state index in [0.29, 0.717) is 24.7 Å². The van der Waals surface area contributed by atoms with Crippen LogP contribution in [0.2, 0.25) is 0 Å². The topological polar surface area (TPSA) is 85.4 Å².